The van der Waals surface area contributed by atoms with Gasteiger partial charge < -0.3 is 20.1 Å². The molecule has 0 radical (unpaired) electrons. The van der Waals surface area contributed by atoms with Crippen LogP contribution in [0, 0.1) is 17.8 Å². The summed E-state index contributed by atoms with van der Waals surface area (Å²) in [6, 6.07) is 5.62. The van der Waals surface area contributed by atoms with Crippen LogP contribution in [0.1, 0.15) is 51.5 Å². The molecule has 0 aromatic heterocycles. The minimum atomic E-state index is -4.42. The van der Waals surface area contributed by atoms with E-state index >= 15 is 0 Å². The first-order chi connectivity index (χ1) is 16.9. The Bertz CT molecular complexity index is 1010. The molecule has 1 amide bonds. The molecule has 4 aliphatic carbocycles. The molecule has 1 aromatic carbocycles. The van der Waals surface area contributed by atoms with Crippen molar-refractivity contribution >= 4 is 17.7 Å². The summed E-state index contributed by atoms with van der Waals surface area (Å²) in [7, 11) is 0. The van der Waals surface area contributed by atoms with Gasteiger partial charge in [-0.15, -0.1) is 0 Å². The zero-order chi connectivity index (χ0) is 25.9. The summed E-state index contributed by atoms with van der Waals surface area (Å²) in [5.74, 6) is 0.755. The number of benzene rings is 1. The third kappa shape index (κ3) is 4.53. The molecule has 6 rings (SSSR count). The number of rotatable bonds is 5. The zero-order valence-corrected chi connectivity index (χ0v) is 20.7. The summed E-state index contributed by atoms with van der Waals surface area (Å²) in [6.45, 7) is 5.48. The van der Waals surface area contributed by atoms with E-state index in [0.717, 1.165) is 25.3 Å². The van der Waals surface area contributed by atoms with E-state index in [4.69, 9.17) is 4.74 Å². The highest BCUT2D eigenvalue weighted by molar-refractivity contribution is 5.85. The number of piperazine rings is 1. The number of halogens is 3. The van der Waals surface area contributed by atoms with Gasteiger partial charge in [-0.3, -0.25) is 9.69 Å². The van der Waals surface area contributed by atoms with E-state index in [1.807, 2.05) is 18.7 Å². The third-order valence-electron chi connectivity index (χ3n) is 8.99. The molecular formula is C26H34F3N3O4. The van der Waals surface area contributed by atoms with Gasteiger partial charge in [0.05, 0.1) is 11.1 Å². The number of nitrogens with one attached hydrogen (secondary N) is 1. The summed E-state index contributed by atoms with van der Waals surface area (Å²) in [5, 5.41) is 12.5. The van der Waals surface area contributed by atoms with Crippen LogP contribution in [-0.2, 0) is 15.7 Å². The molecule has 1 aromatic rings. The summed E-state index contributed by atoms with van der Waals surface area (Å²) in [5.41, 5.74) is -1.89. The normalized spacial score (nSPS) is 32.4. The van der Waals surface area contributed by atoms with Gasteiger partial charge in [-0.25, -0.2) is 4.79 Å². The summed E-state index contributed by atoms with van der Waals surface area (Å²) >= 11 is 0. The maximum absolute atomic E-state index is 13.5. The van der Waals surface area contributed by atoms with Gasteiger partial charge in [0, 0.05) is 37.9 Å². The van der Waals surface area contributed by atoms with Crippen molar-refractivity contribution in [3.05, 3.63) is 29.8 Å². The fourth-order valence-electron chi connectivity index (χ4n) is 7.46. The molecule has 1 saturated heterocycles. The first-order valence-corrected chi connectivity index (χ1v) is 12.8. The number of hydrogen-bond donors (Lipinski definition) is 2. The van der Waals surface area contributed by atoms with Crippen molar-refractivity contribution in [3.63, 3.8) is 0 Å². The predicted octanol–water partition coefficient (Wildman–Crippen LogP) is 4.36. The predicted molar refractivity (Wildman–Crippen MR) is 127 cm³/mol. The average molecular weight is 510 g/mol. The SMILES string of the molecule is CC(C)(C(=O)NC1C2CC3CC1CC(OC(=O)O)(C3)C2)N1CCN(c2ccccc2C(F)(F)F)CC1. The van der Waals surface area contributed by atoms with Crippen LogP contribution in [0.2, 0.25) is 0 Å². The van der Waals surface area contributed by atoms with Gasteiger partial charge in [0.1, 0.15) is 5.60 Å². The quantitative estimate of drug-likeness (QED) is 0.574. The summed E-state index contributed by atoms with van der Waals surface area (Å²) in [4.78, 5) is 28.6. The van der Waals surface area contributed by atoms with Gasteiger partial charge in [-0.2, -0.15) is 13.2 Å². The second kappa shape index (κ2) is 8.82. The van der Waals surface area contributed by atoms with Gasteiger partial charge in [0.25, 0.3) is 0 Å². The number of carboxylic acid groups (broad SMARTS) is 1. The Labute approximate surface area is 209 Å². The summed E-state index contributed by atoms with van der Waals surface area (Å²) in [6.07, 6.45) is -1.62. The lowest BCUT2D eigenvalue weighted by molar-refractivity contribution is -0.157. The molecule has 5 aliphatic rings. The monoisotopic (exact) mass is 509 g/mol. The van der Waals surface area contributed by atoms with E-state index in [9.17, 15) is 27.9 Å². The van der Waals surface area contributed by atoms with Crippen molar-refractivity contribution in [1.29, 1.82) is 0 Å². The maximum atomic E-state index is 13.5. The third-order valence-corrected chi connectivity index (χ3v) is 8.99. The minimum absolute atomic E-state index is 0.00111. The van der Waals surface area contributed by atoms with Crippen molar-refractivity contribution in [2.75, 3.05) is 31.1 Å². The first kappa shape index (κ1) is 25.2. The van der Waals surface area contributed by atoms with Crippen LogP contribution in [0.15, 0.2) is 24.3 Å². The number of carbonyl (C=O) groups excluding carboxylic acids is 1. The largest absolute Gasteiger partial charge is 0.506 e. The fraction of sp³-hybridized carbons (Fsp3) is 0.692. The molecule has 1 heterocycles. The Morgan fingerprint density at radius 1 is 1.03 bits per heavy atom. The van der Waals surface area contributed by atoms with Crippen molar-refractivity contribution in [3.8, 4) is 0 Å². The molecule has 10 heteroatoms. The number of para-hydroxylation sites is 1. The van der Waals surface area contributed by atoms with Crippen LogP contribution in [0.3, 0.4) is 0 Å². The van der Waals surface area contributed by atoms with Gasteiger partial charge in [-0.1, -0.05) is 12.1 Å². The molecule has 198 valence electrons. The second-order valence-electron chi connectivity index (χ2n) is 11.6. The van der Waals surface area contributed by atoms with E-state index in [0.29, 0.717) is 44.9 Å². The number of hydrogen-bond acceptors (Lipinski definition) is 5. The van der Waals surface area contributed by atoms with Gasteiger partial charge in [0.15, 0.2) is 0 Å². The lowest BCUT2D eigenvalue weighted by Crippen LogP contribution is -2.66. The van der Waals surface area contributed by atoms with Gasteiger partial charge >= 0.3 is 12.3 Å². The standard InChI is InChI=1S/C26H34F3N3O4/c1-24(2,32-9-7-31(8-10-32)20-6-4-3-5-19(20)26(27,28)29)22(33)30-21-17-11-16-12-18(21)15-25(13-16,14-17)36-23(34)35/h3-6,16-18,21H,7-15H2,1-2H3,(H,30,33)(H,34,35). The average Bonchev–Trinajstić information content (AvgIpc) is 2.79. The van der Waals surface area contributed by atoms with E-state index in [2.05, 4.69) is 5.32 Å². The Balaban J connectivity index is 1.22. The highest BCUT2D eigenvalue weighted by Gasteiger charge is 2.58. The number of anilines is 1. The molecule has 2 unspecified atom stereocenters. The number of alkyl halides is 3. The molecule has 1 aliphatic heterocycles. The molecule has 0 spiro atoms. The van der Waals surface area contributed by atoms with Crippen LogP contribution in [0.5, 0.6) is 0 Å². The Morgan fingerprint density at radius 2 is 1.64 bits per heavy atom. The fourth-order valence-corrected chi connectivity index (χ4v) is 7.46. The summed E-state index contributed by atoms with van der Waals surface area (Å²) < 4.78 is 45.8. The molecule has 4 saturated carbocycles. The Morgan fingerprint density at radius 3 is 2.22 bits per heavy atom. The van der Waals surface area contributed by atoms with E-state index in [-0.39, 0.29) is 29.5 Å². The number of nitrogens with zero attached hydrogens (tertiary/aromatic N) is 2. The van der Waals surface area contributed by atoms with Gasteiger partial charge in [0.2, 0.25) is 5.91 Å². The van der Waals surface area contributed by atoms with Crippen LogP contribution < -0.4 is 10.2 Å². The highest BCUT2D eigenvalue weighted by atomic mass is 19.4. The van der Waals surface area contributed by atoms with Crippen molar-refractivity contribution in [1.82, 2.24) is 10.2 Å². The van der Waals surface area contributed by atoms with Crippen molar-refractivity contribution in [2.45, 2.75) is 69.3 Å². The van der Waals surface area contributed by atoms with Crippen LogP contribution in [0.25, 0.3) is 0 Å². The lowest BCUT2D eigenvalue weighted by atomic mass is 9.52. The Hall–Kier alpha value is -2.49. The van der Waals surface area contributed by atoms with E-state index in [1.165, 1.54) is 12.1 Å². The molecule has 2 N–H and O–H groups in total. The smallest absolute Gasteiger partial charge is 0.450 e. The van der Waals surface area contributed by atoms with Crippen molar-refractivity contribution < 1.29 is 32.6 Å². The topological polar surface area (TPSA) is 82.1 Å². The molecule has 36 heavy (non-hydrogen) atoms. The Kier molecular flexibility index (Phi) is 6.16. The van der Waals surface area contributed by atoms with E-state index < -0.39 is 29.0 Å². The van der Waals surface area contributed by atoms with E-state index in [1.54, 1.807) is 11.0 Å². The van der Waals surface area contributed by atoms with Crippen LogP contribution >= 0.6 is 0 Å². The molecular weight excluding hydrogens is 475 g/mol. The van der Waals surface area contributed by atoms with Crippen LogP contribution in [-0.4, -0.2) is 65.4 Å². The zero-order valence-electron chi connectivity index (χ0n) is 20.7. The molecule has 2 atom stereocenters. The first-order valence-electron chi connectivity index (χ1n) is 12.8. The van der Waals surface area contributed by atoms with Crippen LogP contribution in [0.4, 0.5) is 23.7 Å². The lowest BCUT2D eigenvalue weighted by Gasteiger charge is -2.59. The van der Waals surface area contributed by atoms with Crippen molar-refractivity contribution in [2.24, 2.45) is 17.8 Å². The second-order valence-corrected chi connectivity index (χ2v) is 11.6. The highest BCUT2D eigenvalue weighted by Crippen LogP contribution is 2.57. The number of ether oxygens (including phenoxy) is 1. The molecule has 7 nitrogen and oxygen atoms in total. The number of amides is 1. The minimum Gasteiger partial charge on any atom is -0.450 e. The maximum Gasteiger partial charge on any atom is 0.506 e. The number of carbonyl (C=O) groups is 2. The molecule has 5 fully saturated rings. The molecule has 4 bridgehead atoms. The van der Waals surface area contributed by atoms with Gasteiger partial charge in [-0.05, 0) is 75.8 Å².